The maximum atomic E-state index is 5.93. The van der Waals surface area contributed by atoms with Gasteiger partial charge >= 0.3 is 0 Å². The number of nitrogens with two attached hydrogens (primary N) is 1. The lowest BCUT2D eigenvalue weighted by molar-refractivity contribution is 0.298. The van der Waals surface area contributed by atoms with E-state index < -0.39 is 0 Å². The van der Waals surface area contributed by atoms with E-state index in [1.165, 1.54) is 19.3 Å². The van der Waals surface area contributed by atoms with Crippen LogP contribution in [0.15, 0.2) is 22.7 Å². The molecular formula is C13H18BrNO. The molecule has 0 aliphatic heterocycles. The summed E-state index contributed by atoms with van der Waals surface area (Å²) in [6.07, 6.45) is 3.93. The smallest absolute Gasteiger partial charge is 0.124 e. The summed E-state index contributed by atoms with van der Waals surface area (Å²) in [7, 11) is 0. The van der Waals surface area contributed by atoms with Gasteiger partial charge in [0.1, 0.15) is 5.75 Å². The average molecular weight is 284 g/mol. The number of ether oxygens (including phenoxy) is 1. The SMILES string of the molecule is CC(N)c1cc(Br)ccc1OCCC1CC1. The number of hydrogen-bond donors (Lipinski definition) is 1. The molecule has 1 aromatic rings. The van der Waals surface area contributed by atoms with E-state index >= 15 is 0 Å². The van der Waals surface area contributed by atoms with Gasteiger partial charge in [-0.3, -0.25) is 0 Å². The highest BCUT2D eigenvalue weighted by atomic mass is 79.9. The third kappa shape index (κ3) is 3.22. The number of halogens is 1. The molecule has 1 atom stereocenters. The summed E-state index contributed by atoms with van der Waals surface area (Å²) in [4.78, 5) is 0. The molecule has 0 amide bonds. The maximum Gasteiger partial charge on any atom is 0.124 e. The minimum atomic E-state index is 0.00780. The van der Waals surface area contributed by atoms with Crippen molar-refractivity contribution in [2.75, 3.05) is 6.61 Å². The molecule has 2 rings (SSSR count). The van der Waals surface area contributed by atoms with E-state index in [0.717, 1.165) is 28.3 Å². The molecule has 0 bridgehead atoms. The Morgan fingerprint density at radius 2 is 2.25 bits per heavy atom. The molecule has 2 nitrogen and oxygen atoms in total. The van der Waals surface area contributed by atoms with Gasteiger partial charge in [0, 0.05) is 16.1 Å². The van der Waals surface area contributed by atoms with Crippen molar-refractivity contribution in [1.82, 2.24) is 0 Å². The third-order valence-corrected chi connectivity index (χ3v) is 3.44. The molecule has 0 spiro atoms. The molecule has 1 aliphatic carbocycles. The second-order valence-electron chi connectivity index (χ2n) is 4.55. The highest BCUT2D eigenvalue weighted by Gasteiger charge is 2.21. The van der Waals surface area contributed by atoms with Crippen LogP contribution in [0, 0.1) is 5.92 Å². The minimum absolute atomic E-state index is 0.00780. The topological polar surface area (TPSA) is 35.2 Å². The zero-order chi connectivity index (χ0) is 11.5. The van der Waals surface area contributed by atoms with Gasteiger partial charge in [-0.2, -0.15) is 0 Å². The van der Waals surface area contributed by atoms with Crippen molar-refractivity contribution in [1.29, 1.82) is 0 Å². The molecule has 1 aliphatic rings. The second kappa shape index (κ2) is 5.19. The van der Waals surface area contributed by atoms with Gasteiger partial charge in [-0.1, -0.05) is 28.8 Å². The monoisotopic (exact) mass is 283 g/mol. The number of benzene rings is 1. The minimum Gasteiger partial charge on any atom is -0.493 e. The zero-order valence-electron chi connectivity index (χ0n) is 9.58. The lowest BCUT2D eigenvalue weighted by atomic mass is 10.1. The lowest BCUT2D eigenvalue weighted by Crippen LogP contribution is -2.09. The van der Waals surface area contributed by atoms with Crippen molar-refractivity contribution < 1.29 is 4.74 Å². The molecule has 1 aromatic carbocycles. The van der Waals surface area contributed by atoms with Gasteiger partial charge < -0.3 is 10.5 Å². The first kappa shape index (κ1) is 11.9. The Bertz CT molecular complexity index is 361. The first-order valence-corrected chi connectivity index (χ1v) is 6.64. The van der Waals surface area contributed by atoms with E-state index in [0.29, 0.717) is 0 Å². The summed E-state index contributed by atoms with van der Waals surface area (Å²) in [5, 5.41) is 0. The molecule has 16 heavy (non-hydrogen) atoms. The number of hydrogen-bond acceptors (Lipinski definition) is 2. The molecule has 1 unspecified atom stereocenters. The van der Waals surface area contributed by atoms with Gasteiger partial charge in [0.2, 0.25) is 0 Å². The lowest BCUT2D eigenvalue weighted by Gasteiger charge is -2.14. The Kier molecular flexibility index (Phi) is 3.87. The van der Waals surface area contributed by atoms with Gasteiger partial charge in [0.15, 0.2) is 0 Å². The van der Waals surface area contributed by atoms with Gasteiger partial charge in [0.25, 0.3) is 0 Å². The molecule has 88 valence electrons. The molecular weight excluding hydrogens is 266 g/mol. The quantitative estimate of drug-likeness (QED) is 0.895. The van der Waals surface area contributed by atoms with Crippen molar-refractivity contribution in [2.45, 2.75) is 32.2 Å². The first-order valence-electron chi connectivity index (χ1n) is 5.84. The highest BCUT2D eigenvalue weighted by Crippen LogP contribution is 2.33. The van der Waals surface area contributed by atoms with E-state index in [1.807, 2.05) is 25.1 Å². The molecule has 1 fully saturated rings. The number of rotatable bonds is 5. The summed E-state index contributed by atoms with van der Waals surface area (Å²) >= 11 is 3.45. The molecule has 0 radical (unpaired) electrons. The highest BCUT2D eigenvalue weighted by molar-refractivity contribution is 9.10. The standard InChI is InChI=1S/C13H18BrNO/c1-9(15)12-8-11(14)4-5-13(12)16-7-6-10-2-3-10/h4-5,8-10H,2-3,6-7,15H2,1H3. The average Bonchev–Trinajstić information content (AvgIpc) is 3.04. The maximum absolute atomic E-state index is 5.93. The zero-order valence-corrected chi connectivity index (χ0v) is 11.2. The van der Waals surface area contributed by atoms with Crippen LogP contribution < -0.4 is 10.5 Å². The summed E-state index contributed by atoms with van der Waals surface area (Å²) in [5.41, 5.74) is 7.00. The molecule has 0 saturated heterocycles. The first-order chi connectivity index (χ1) is 7.66. The summed E-state index contributed by atoms with van der Waals surface area (Å²) in [6.45, 7) is 2.79. The van der Waals surface area contributed by atoms with Crippen LogP contribution in [0.3, 0.4) is 0 Å². The van der Waals surface area contributed by atoms with Gasteiger partial charge in [0.05, 0.1) is 6.61 Å². The van der Waals surface area contributed by atoms with Crippen LogP contribution in [-0.2, 0) is 0 Å². The van der Waals surface area contributed by atoms with Crippen LogP contribution in [0.5, 0.6) is 5.75 Å². The van der Waals surface area contributed by atoms with Crippen molar-refractivity contribution in [3.8, 4) is 5.75 Å². The fourth-order valence-electron chi connectivity index (χ4n) is 1.75. The molecule has 3 heteroatoms. The van der Waals surface area contributed by atoms with Crippen molar-refractivity contribution in [2.24, 2.45) is 11.7 Å². The molecule has 2 N–H and O–H groups in total. The Labute approximate surface area is 105 Å². The van der Waals surface area contributed by atoms with Crippen LogP contribution in [0.1, 0.15) is 37.8 Å². The fraction of sp³-hybridized carbons (Fsp3) is 0.538. The van der Waals surface area contributed by atoms with Gasteiger partial charge in [-0.25, -0.2) is 0 Å². The summed E-state index contributed by atoms with van der Waals surface area (Å²) in [6, 6.07) is 6.04. The van der Waals surface area contributed by atoms with E-state index in [2.05, 4.69) is 15.9 Å². The summed E-state index contributed by atoms with van der Waals surface area (Å²) < 4.78 is 6.85. The predicted molar refractivity (Wildman–Crippen MR) is 69.6 cm³/mol. The van der Waals surface area contributed by atoms with E-state index in [1.54, 1.807) is 0 Å². The Hall–Kier alpha value is -0.540. The van der Waals surface area contributed by atoms with Crippen LogP contribution >= 0.6 is 15.9 Å². The van der Waals surface area contributed by atoms with Gasteiger partial charge in [-0.15, -0.1) is 0 Å². The van der Waals surface area contributed by atoms with E-state index in [4.69, 9.17) is 10.5 Å². The van der Waals surface area contributed by atoms with E-state index in [9.17, 15) is 0 Å². The van der Waals surface area contributed by atoms with Crippen molar-refractivity contribution in [3.63, 3.8) is 0 Å². The van der Waals surface area contributed by atoms with Crippen LogP contribution in [0.2, 0.25) is 0 Å². The predicted octanol–water partition coefficient (Wildman–Crippen LogP) is 3.65. The molecule has 0 heterocycles. The molecule has 0 aromatic heterocycles. The Balaban J connectivity index is 1.99. The van der Waals surface area contributed by atoms with Crippen molar-refractivity contribution >= 4 is 15.9 Å². The van der Waals surface area contributed by atoms with Gasteiger partial charge in [-0.05, 0) is 37.5 Å². The Morgan fingerprint density at radius 3 is 2.88 bits per heavy atom. The second-order valence-corrected chi connectivity index (χ2v) is 5.47. The third-order valence-electron chi connectivity index (χ3n) is 2.94. The normalized spacial score (nSPS) is 17.2. The summed E-state index contributed by atoms with van der Waals surface area (Å²) in [5.74, 6) is 1.84. The fourth-order valence-corrected chi connectivity index (χ4v) is 2.13. The van der Waals surface area contributed by atoms with Crippen LogP contribution in [-0.4, -0.2) is 6.61 Å². The Morgan fingerprint density at radius 1 is 1.50 bits per heavy atom. The van der Waals surface area contributed by atoms with Crippen LogP contribution in [0.4, 0.5) is 0 Å². The van der Waals surface area contributed by atoms with E-state index in [-0.39, 0.29) is 6.04 Å². The largest absolute Gasteiger partial charge is 0.493 e. The van der Waals surface area contributed by atoms with Crippen molar-refractivity contribution in [3.05, 3.63) is 28.2 Å². The molecule has 1 saturated carbocycles. The van der Waals surface area contributed by atoms with Crippen LogP contribution in [0.25, 0.3) is 0 Å².